The summed E-state index contributed by atoms with van der Waals surface area (Å²) in [6, 6.07) is 8.47. The molecule has 2 nitrogen and oxygen atoms in total. The molecule has 2 N–H and O–H groups in total. The van der Waals surface area contributed by atoms with Crippen molar-refractivity contribution >= 4 is 22.9 Å². The number of halogens is 2. The van der Waals surface area contributed by atoms with Gasteiger partial charge >= 0.3 is 0 Å². The van der Waals surface area contributed by atoms with E-state index in [0.29, 0.717) is 0 Å². The largest absolute Gasteiger partial charge is 0.480 e. The molecule has 1 atom stereocenters. The molecule has 2 rings (SSSR count). The maximum atomic E-state index is 13.6. The Morgan fingerprint density at radius 1 is 1.35 bits per heavy atom. The van der Waals surface area contributed by atoms with Gasteiger partial charge in [-0.1, -0.05) is 23.7 Å². The second kappa shape index (κ2) is 5.49. The van der Waals surface area contributed by atoms with Gasteiger partial charge in [0.25, 0.3) is 0 Å². The van der Waals surface area contributed by atoms with E-state index in [1.165, 1.54) is 23.5 Å². The first-order chi connectivity index (χ1) is 8.22. The summed E-state index contributed by atoms with van der Waals surface area (Å²) in [5.41, 5.74) is 5.63. The zero-order valence-corrected chi connectivity index (χ0v) is 10.5. The van der Waals surface area contributed by atoms with Crippen molar-refractivity contribution in [3.05, 3.63) is 51.4 Å². The molecule has 0 spiro atoms. The lowest BCUT2D eigenvalue weighted by atomic mass is 10.2. The average Bonchev–Trinajstić information content (AvgIpc) is 2.85. The molecule has 0 bridgehead atoms. The molecule has 0 saturated carbocycles. The molecule has 1 heterocycles. The second-order valence-electron chi connectivity index (χ2n) is 3.41. The summed E-state index contributed by atoms with van der Waals surface area (Å²) in [6.07, 6.45) is -0.344. The van der Waals surface area contributed by atoms with E-state index in [0.717, 1.165) is 4.88 Å². The third kappa shape index (κ3) is 2.77. The Morgan fingerprint density at radius 2 is 2.18 bits per heavy atom. The minimum absolute atomic E-state index is 0.0458. The highest BCUT2D eigenvalue weighted by Crippen LogP contribution is 2.29. The van der Waals surface area contributed by atoms with E-state index in [2.05, 4.69) is 0 Å². The highest BCUT2D eigenvalue weighted by molar-refractivity contribution is 7.10. The van der Waals surface area contributed by atoms with E-state index in [1.54, 1.807) is 6.07 Å². The van der Waals surface area contributed by atoms with Crippen LogP contribution in [-0.2, 0) is 0 Å². The molecule has 17 heavy (non-hydrogen) atoms. The first kappa shape index (κ1) is 12.4. The number of hydrogen-bond acceptors (Lipinski definition) is 3. The molecule has 0 aliphatic carbocycles. The highest BCUT2D eigenvalue weighted by atomic mass is 35.5. The Bertz CT molecular complexity index is 489. The number of hydrogen-bond donors (Lipinski definition) is 1. The zero-order valence-electron chi connectivity index (χ0n) is 8.90. The van der Waals surface area contributed by atoms with Gasteiger partial charge in [-0.25, -0.2) is 4.39 Å². The zero-order chi connectivity index (χ0) is 12.3. The Balaban J connectivity index is 2.22. The summed E-state index contributed by atoms with van der Waals surface area (Å²) in [5.74, 6) is -0.425. The van der Waals surface area contributed by atoms with E-state index in [9.17, 15) is 4.39 Å². The average molecular weight is 272 g/mol. The van der Waals surface area contributed by atoms with E-state index < -0.39 is 5.82 Å². The fourth-order valence-corrected chi connectivity index (χ4v) is 2.36. The van der Waals surface area contributed by atoms with Crippen molar-refractivity contribution < 1.29 is 9.13 Å². The fourth-order valence-electron chi connectivity index (χ4n) is 1.43. The summed E-state index contributed by atoms with van der Waals surface area (Å²) >= 11 is 7.21. The molecule has 0 aliphatic rings. The van der Waals surface area contributed by atoms with Crippen LogP contribution >= 0.6 is 22.9 Å². The first-order valence-electron chi connectivity index (χ1n) is 5.06. The number of rotatable bonds is 4. The second-order valence-corrected chi connectivity index (χ2v) is 4.80. The summed E-state index contributed by atoms with van der Waals surface area (Å²) in [4.78, 5) is 0.965. The van der Waals surface area contributed by atoms with Gasteiger partial charge in [-0.2, -0.15) is 0 Å². The normalized spacial score (nSPS) is 12.4. The van der Waals surface area contributed by atoms with Crippen molar-refractivity contribution in [2.75, 3.05) is 6.54 Å². The van der Waals surface area contributed by atoms with Crippen LogP contribution < -0.4 is 10.5 Å². The molecule has 0 aliphatic heterocycles. The molecule has 0 saturated heterocycles. The smallest absolute Gasteiger partial charge is 0.183 e. The Hall–Kier alpha value is -1.10. The van der Waals surface area contributed by atoms with Gasteiger partial charge in [0, 0.05) is 11.4 Å². The summed E-state index contributed by atoms with van der Waals surface area (Å²) in [7, 11) is 0. The van der Waals surface area contributed by atoms with E-state index in [1.807, 2.05) is 17.5 Å². The van der Waals surface area contributed by atoms with Crippen LogP contribution in [0.15, 0.2) is 35.7 Å². The van der Waals surface area contributed by atoms with Crippen LogP contribution in [0.5, 0.6) is 5.75 Å². The van der Waals surface area contributed by atoms with Gasteiger partial charge in [-0.05, 0) is 23.6 Å². The summed E-state index contributed by atoms with van der Waals surface area (Å²) in [5, 5.41) is 1.97. The minimum atomic E-state index is -0.552. The van der Waals surface area contributed by atoms with Gasteiger partial charge in [-0.15, -0.1) is 11.3 Å². The predicted octanol–water partition coefficient (Wildman–Crippen LogP) is 3.62. The van der Waals surface area contributed by atoms with Crippen LogP contribution in [0.1, 0.15) is 11.0 Å². The molecule has 0 radical (unpaired) electrons. The molecule has 1 unspecified atom stereocenters. The van der Waals surface area contributed by atoms with Crippen molar-refractivity contribution in [3.63, 3.8) is 0 Å². The number of thiophene rings is 1. The van der Waals surface area contributed by atoms with Crippen molar-refractivity contribution in [2.24, 2.45) is 5.73 Å². The standard InChI is InChI=1S/C12H11ClFNOS/c13-8-3-1-4-9(12(8)14)16-10(7-15)11-5-2-6-17-11/h1-6,10H,7,15H2. The minimum Gasteiger partial charge on any atom is -0.480 e. The molecule has 0 fully saturated rings. The van der Waals surface area contributed by atoms with Crippen molar-refractivity contribution in [3.8, 4) is 5.75 Å². The van der Waals surface area contributed by atoms with Crippen molar-refractivity contribution in [2.45, 2.75) is 6.10 Å². The summed E-state index contributed by atoms with van der Waals surface area (Å²) in [6.45, 7) is 0.284. The van der Waals surface area contributed by atoms with Crippen LogP contribution in [0, 0.1) is 5.82 Å². The Kier molecular flexibility index (Phi) is 3.99. The van der Waals surface area contributed by atoms with Gasteiger partial charge < -0.3 is 10.5 Å². The fraction of sp³-hybridized carbons (Fsp3) is 0.167. The van der Waals surface area contributed by atoms with Crippen LogP contribution in [0.3, 0.4) is 0 Å². The maximum absolute atomic E-state index is 13.6. The third-order valence-electron chi connectivity index (χ3n) is 2.26. The topological polar surface area (TPSA) is 35.2 Å². The Morgan fingerprint density at radius 3 is 2.82 bits per heavy atom. The SMILES string of the molecule is NCC(Oc1cccc(Cl)c1F)c1cccs1. The van der Waals surface area contributed by atoms with Gasteiger partial charge in [0.05, 0.1) is 5.02 Å². The molecule has 2 aromatic rings. The lowest BCUT2D eigenvalue weighted by Crippen LogP contribution is -2.17. The van der Waals surface area contributed by atoms with E-state index in [-0.39, 0.29) is 23.4 Å². The van der Waals surface area contributed by atoms with Gasteiger partial charge in [0.15, 0.2) is 11.6 Å². The third-order valence-corrected chi connectivity index (χ3v) is 3.52. The molecule has 90 valence electrons. The summed E-state index contributed by atoms with van der Waals surface area (Å²) < 4.78 is 19.2. The Labute approximate surface area is 108 Å². The van der Waals surface area contributed by atoms with E-state index >= 15 is 0 Å². The van der Waals surface area contributed by atoms with Gasteiger partial charge in [0.1, 0.15) is 6.10 Å². The van der Waals surface area contributed by atoms with Crippen LogP contribution in [0.25, 0.3) is 0 Å². The van der Waals surface area contributed by atoms with E-state index in [4.69, 9.17) is 22.1 Å². The van der Waals surface area contributed by atoms with Crippen LogP contribution in [0.4, 0.5) is 4.39 Å². The predicted molar refractivity (Wildman–Crippen MR) is 68.2 cm³/mol. The number of nitrogens with two attached hydrogens (primary N) is 1. The van der Waals surface area contributed by atoms with Crippen molar-refractivity contribution in [1.82, 2.24) is 0 Å². The van der Waals surface area contributed by atoms with Gasteiger partial charge in [0.2, 0.25) is 0 Å². The number of ether oxygens (including phenoxy) is 1. The highest BCUT2D eigenvalue weighted by Gasteiger charge is 2.16. The van der Waals surface area contributed by atoms with Gasteiger partial charge in [-0.3, -0.25) is 0 Å². The molecular formula is C12H11ClFNOS. The maximum Gasteiger partial charge on any atom is 0.183 e. The molecule has 1 aromatic carbocycles. The lowest BCUT2D eigenvalue weighted by Gasteiger charge is -2.16. The molecule has 5 heteroatoms. The quantitative estimate of drug-likeness (QED) is 0.922. The lowest BCUT2D eigenvalue weighted by molar-refractivity contribution is 0.208. The molecule has 1 aromatic heterocycles. The van der Waals surface area contributed by atoms with Crippen molar-refractivity contribution in [1.29, 1.82) is 0 Å². The molecular weight excluding hydrogens is 261 g/mol. The monoisotopic (exact) mass is 271 g/mol. The first-order valence-corrected chi connectivity index (χ1v) is 6.32. The molecule has 0 amide bonds. The van der Waals surface area contributed by atoms with Crippen LogP contribution in [-0.4, -0.2) is 6.54 Å². The van der Waals surface area contributed by atoms with Crippen LogP contribution in [0.2, 0.25) is 5.02 Å². The number of benzene rings is 1.